The number of carboxylic acids is 5. The maximum atomic E-state index is 15.0. The van der Waals surface area contributed by atoms with Crippen molar-refractivity contribution in [2.24, 2.45) is 11.5 Å². The Balaban J connectivity index is 0.761. The summed E-state index contributed by atoms with van der Waals surface area (Å²) in [5, 5.41) is 62.6. The van der Waals surface area contributed by atoms with Gasteiger partial charge in [0.15, 0.2) is 0 Å². The van der Waals surface area contributed by atoms with E-state index in [-0.39, 0.29) is 58.7 Å². The van der Waals surface area contributed by atoms with Crippen LogP contribution in [-0.2, 0) is 62.7 Å². The molecule has 1 aliphatic carbocycles. The Kier molecular flexibility index (Phi) is 25.2. The predicted molar refractivity (Wildman–Crippen MR) is 385 cm³/mol. The van der Waals surface area contributed by atoms with Crippen molar-refractivity contribution in [2.45, 2.75) is 100 Å². The number of hydrogen-bond donors (Lipinski definition) is 10. The normalized spacial score (nSPS) is 14.2. The van der Waals surface area contributed by atoms with Crippen LogP contribution in [0.4, 0.5) is 20.2 Å². The summed E-state index contributed by atoms with van der Waals surface area (Å²) in [6, 6.07) is 22.5. The number of carbonyl (C=O) groups is 11. The molecular weight excluding hydrogens is 1420 g/mol. The van der Waals surface area contributed by atoms with Crippen LogP contribution in [-0.4, -0.2) is 165 Å². The van der Waals surface area contributed by atoms with Crippen LogP contribution < -0.4 is 68.8 Å². The van der Waals surface area contributed by atoms with Crippen LogP contribution in [0, 0.1) is 18.6 Å². The summed E-state index contributed by atoms with van der Waals surface area (Å²) in [7, 11) is 7.15. The van der Waals surface area contributed by atoms with Crippen molar-refractivity contribution in [3.8, 4) is 33.6 Å². The number of anilines is 2. The van der Waals surface area contributed by atoms with E-state index in [0.29, 0.717) is 49.8 Å². The molecular formula is C74H75F2N11O19S. The Labute approximate surface area is 611 Å². The van der Waals surface area contributed by atoms with Crippen LogP contribution in [0.25, 0.3) is 44.5 Å². The number of benzene rings is 6. The summed E-state index contributed by atoms with van der Waals surface area (Å²) < 4.78 is 40.1. The van der Waals surface area contributed by atoms with E-state index in [1.165, 1.54) is 6.92 Å². The molecule has 2 aliphatic heterocycles. The van der Waals surface area contributed by atoms with Gasteiger partial charge in [0.1, 0.15) is 61.2 Å². The summed E-state index contributed by atoms with van der Waals surface area (Å²) in [6.07, 6.45) is -3.20. The smallest absolute Gasteiger partial charge is 0.336 e. The van der Waals surface area contributed by atoms with E-state index in [1.54, 1.807) is 129 Å². The fourth-order valence-electron chi connectivity index (χ4n) is 12.2. The van der Waals surface area contributed by atoms with Gasteiger partial charge in [-0.05, 0) is 85.3 Å². The summed E-state index contributed by atoms with van der Waals surface area (Å²) in [5.74, 6) is -16.0. The summed E-state index contributed by atoms with van der Waals surface area (Å²) in [6.45, 7) is -0.0909. The monoisotopic (exact) mass is 1490 g/mol. The van der Waals surface area contributed by atoms with E-state index in [2.05, 4.69) is 21.3 Å². The van der Waals surface area contributed by atoms with Gasteiger partial charge in [-0.15, -0.1) is 11.8 Å². The average molecular weight is 1490 g/mol. The van der Waals surface area contributed by atoms with Crippen molar-refractivity contribution in [3.63, 3.8) is 0 Å². The third-order valence-electron chi connectivity index (χ3n) is 18.0. The molecule has 0 radical (unpaired) electrons. The SMILES string of the molecule is Cc1c(-c2cccc(CCC(=O)NC(CCC(=O)NC(CCC(=O)NCC(N)C(=O)NC(CSC3CC(=O)N(c4cc(C(=O)[O-])c(-c5c6ccc(=[N+](C)C)cc-6oc6cc(N(C)C)ccc56)c(C(=O)O)c4)C3=O)C(=O)O)C(=O)O)C(=O)O)c2)c(=O)n(C[C@H](N)c2ccccc2)c(=O)n1Cc1c(F)cccc1F. The molecule has 3 aliphatic rings. The molecule has 560 valence electrons. The number of amides is 6. The Hall–Kier alpha value is -12.2. The number of rotatable bonds is 32. The minimum absolute atomic E-state index is 0.0108. The largest absolute Gasteiger partial charge is 0.545 e. The van der Waals surface area contributed by atoms with Crippen molar-refractivity contribution < 1.29 is 91.5 Å². The maximum Gasteiger partial charge on any atom is 0.336 e. The van der Waals surface area contributed by atoms with Gasteiger partial charge in [0.25, 0.3) is 5.56 Å². The molecule has 1 saturated heterocycles. The first-order valence-corrected chi connectivity index (χ1v) is 34.3. The van der Waals surface area contributed by atoms with Crippen molar-refractivity contribution in [2.75, 3.05) is 50.3 Å². The van der Waals surface area contributed by atoms with Gasteiger partial charge in [-0.3, -0.25) is 42.7 Å². The lowest BCUT2D eigenvalue weighted by Crippen LogP contribution is -2.53. The van der Waals surface area contributed by atoms with E-state index < -0.39 is 197 Å². The minimum Gasteiger partial charge on any atom is -0.545 e. The Bertz CT molecular complexity index is 5000. The second-order valence-electron chi connectivity index (χ2n) is 25.7. The summed E-state index contributed by atoms with van der Waals surface area (Å²) in [4.78, 5) is 174. The number of aromatic carboxylic acids is 2. The molecule has 0 bridgehead atoms. The number of imide groups is 1. The number of carboxylic acid groups (broad SMARTS) is 5. The van der Waals surface area contributed by atoms with Gasteiger partial charge in [0.2, 0.25) is 40.8 Å². The molecule has 33 heteroatoms. The second kappa shape index (κ2) is 34.1. The first-order chi connectivity index (χ1) is 50.7. The van der Waals surface area contributed by atoms with Crippen LogP contribution in [0.2, 0.25) is 0 Å². The van der Waals surface area contributed by atoms with E-state index in [4.69, 9.17) is 15.9 Å². The van der Waals surface area contributed by atoms with Gasteiger partial charge in [0.05, 0.1) is 47.2 Å². The number of carbonyl (C=O) groups excluding carboxylic acids is 7. The molecule has 1 aromatic heterocycles. The third kappa shape index (κ3) is 18.5. The molecule has 5 unspecified atom stereocenters. The molecule has 6 atom stereocenters. The third-order valence-corrected chi connectivity index (χ3v) is 19.3. The van der Waals surface area contributed by atoms with Gasteiger partial charge in [0, 0.05) is 115 Å². The highest BCUT2D eigenvalue weighted by molar-refractivity contribution is 8.00. The fourth-order valence-corrected chi connectivity index (χ4v) is 13.3. The van der Waals surface area contributed by atoms with E-state index >= 15 is 8.78 Å². The molecule has 12 N–H and O–H groups in total. The second-order valence-corrected chi connectivity index (χ2v) is 26.9. The number of aromatic nitrogens is 2. The number of aryl methyl sites for hydroxylation is 1. The zero-order chi connectivity index (χ0) is 78.0. The highest BCUT2D eigenvalue weighted by Gasteiger charge is 2.42. The fraction of sp³-hybridized carbons (Fsp3) is 0.297. The lowest BCUT2D eigenvalue weighted by atomic mass is 9.87. The Morgan fingerprint density at radius 3 is 1.94 bits per heavy atom. The van der Waals surface area contributed by atoms with E-state index in [1.807, 2.05) is 0 Å². The van der Waals surface area contributed by atoms with Crippen LogP contribution in [0.15, 0.2) is 135 Å². The number of hydrogen-bond acceptors (Lipinski definition) is 19. The van der Waals surface area contributed by atoms with Gasteiger partial charge in [-0.25, -0.2) is 42.2 Å². The van der Waals surface area contributed by atoms with Crippen LogP contribution in [0.3, 0.4) is 0 Å². The molecule has 0 saturated carbocycles. The number of nitrogens with one attached hydrogen (secondary N) is 4. The molecule has 5 aromatic carbocycles. The lowest BCUT2D eigenvalue weighted by molar-refractivity contribution is -0.255. The highest BCUT2D eigenvalue weighted by Crippen LogP contribution is 2.45. The number of thioether (sulfide) groups is 1. The highest BCUT2D eigenvalue weighted by atomic mass is 32.2. The molecule has 107 heavy (non-hydrogen) atoms. The van der Waals surface area contributed by atoms with Gasteiger partial charge in [-0.2, -0.15) is 0 Å². The van der Waals surface area contributed by atoms with Crippen LogP contribution in [0.5, 0.6) is 0 Å². The minimum atomic E-state index is -1.86. The van der Waals surface area contributed by atoms with Crippen molar-refractivity contribution in [1.29, 1.82) is 0 Å². The molecule has 6 amide bonds. The van der Waals surface area contributed by atoms with Gasteiger partial charge >= 0.3 is 29.6 Å². The predicted octanol–water partition coefficient (Wildman–Crippen LogP) is 2.40. The van der Waals surface area contributed by atoms with Crippen LogP contribution >= 0.6 is 11.8 Å². The Morgan fingerprint density at radius 2 is 1.33 bits per heavy atom. The van der Waals surface area contributed by atoms with E-state index in [0.717, 1.165) is 39.5 Å². The topological polar surface area (TPSA) is 459 Å². The zero-order valence-corrected chi connectivity index (χ0v) is 59.1. The number of nitrogens with two attached hydrogens (primary N) is 2. The quantitative estimate of drug-likeness (QED) is 0.0164. The summed E-state index contributed by atoms with van der Waals surface area (Å²) in [5.41, 5.74) is 11.1. The molecule has 3 heterocycles. The van der Waals surface area contributed by atoms with Crippen molar-refractivity contribution in [1.82, 2.24) is 35.0 Å². The van der Waals surface area contributed by atoms with Crippen molar-refractivity contribution >= 4 is 99.4 Å². The standard InChI is InChI=1S/C74H75F2N11O19S/c1-37-63(68(94)86(35-52(78)39-12-7-6-8-13-39)74(105)85(37)34-48-49(75)15-10-16-50(48)76)40-14-9-11-38(27-40)17-24-60(89)80-54(72(101)102)23-26-61(90)81-53(71(99)100)22-25-59(88)79-33-51(77)66(92)82-55(73(103)104)36-107-58-32-62(91)87(67(58)93)43-28-46(69(95)96)65(47(29-43)70(97)98)64-44-20-18-41(83(2)3)30-56(44)106-57-31-42(84(4)5)19-21-45(57)64/h6-16,18-21,27-31,51-55,58H,17,22-26,32-36,77-78H2,1-5H3,(H8-,79,80,81,82,88,89,90,92,95,96,97,98,99,100,101,102,103,104)/t51?,52-,53?,54?,55?,58?/m0/s1. The Morgan fingerprint density at radius 1 is 0.701 bits per heavy atom. The lowest BCUT2D eigenvalue weighted by Gasteiger charge is -2.24. The van der Waals surface area contributed by atoms with Crippen molar-refractivity contribution in [3.05, 3.63) is 193 Å². The average Bonchev–Trinajstić information content (AvgIpc) is 1.29. The molecule has 9 rings (SSSR count). The van der Waals surface area contributed by atoms with E-state index in [9.17, 15) is 87.9 Å². The number of halogens is 2. The number of aliphatic carboxylic acids is 3. The van der Waals surface area contributed by atoms with Gasteiger partial charge < -0.3 is 72.4 Å². The number of fused-ring (bicyclic) bond motifs is 2. The van der Waals surface area contributed by atoms with Crippen LogP contribution in [0.1, 0.15) is 87.7 Å². The summed E-state index contributed by atoms with van der Waals surface area (Å²) >= 11 is 0.629. The molecule has 30 nitrogen and oxygen atoms in total. The first kappa shape index (κ1) is 78.9. The molecule has 6 aromatic rings. The molecule has 0 spiro atoms. The molecule has 1 fully saturated rings. The van der Waals surface area contributed by atoms with Gasteiger partial charge in [-0.1, -0.05) is 60.7 Å². The number of nitrogens with zero attached hydrogens (tertiary/aromatic N) is 5. The zero-order valence-electron chi connectivity index (χ0n) is 58.3. The first-order valence-electron chi connectivity index (χ1n) is 33.3. The maximum absolute atomic E-state index is 15.0.